The van der Waals surface area contributed by atoms with Gasteiger partial charge in [-0.15, -0.1) is 0 Å². The minimum Gasteiger partial charge on any atom is -0.493 e. The van der Waals surface area contributed by atoms with Crippen LogP contribution < -0.4 is 9.47 Å². The smallest absolute Gasteiger partial charge is 0.269 e. The first-order chi connectivity index (χ1) is 19.8. The summed E-state index contributed by atoms with van der Waals surface area (Å²) >= 11 is 3.65. The molecule has 1 heterocycles. The van der Waals surface area contributed by atoms with E-state index in [1.54, 1.807) is 26.4 Å². The average Bonchev–Trinajstić information content (AvgIpc) is 2.96. The van der Waals surface area contributed by atoms with E-state index < -0.39 is 10.8 Å². The predicted octanol–water partition coefficient (Wildman–Crippen LogP) is 6.39. The Bertz CT molecular complexity index is 1390. The third kappa shape index (κ3) is 5.81. The topological polar surface area (TPSA) is 108 Å². The Balaban J connectivity index is 1.53. The van der Waals surface area contributed by atoms with Crippen molar-refractivity contribution >= 4 is 33.2 Å². The zero-order valence-electron chi connectivity index (χ0n) is 23.2. The lowest BCUT2D eigenvalue weighted by molar-refractivity contribution is -0.384. The summed E-state index contributed by atoms with van der Waals surface area (Å²) in [6, 6.07) is 9.96. The third-order valence-corrected chi connectivity index (χ3v) is 8.52. The van der Waals surface area contributed by atoms with Crippen molar-refractivity contribution in [2.24, 2.45) is 0 Å². The molecule has 1 aliphatic heterocycles. The summed E-state index contributed by atoms with van der Waals surface area (Å²) in [5.41, 5.74) is 5.08. The highest BCUT2D eigenvalue weighted by Crippen LogP contribution is 2.51. The summed E-state index contributed by atoms with van der Waals surface area (Å²) in [5.74, 6) is 0.654. The second-order valence-corrected chi connectivity index (χ2v) is 11.3. The molecule has 10 heteroatoms. The van der Waals surface area contributed by atoms with Crippen LogP contribution in [-0.2, 0) is 20.9 Å². The molecule has 3 aliphatic rings. The standard InChI is InChI=1S/C31H33BrN2O7/c1-39-15-5-14-33-23-6-3-8-25(35)29(23)28(30-24(33)7-4-9-26(30)36)20-16-22(32)31(27(17-20)40-2)41-18-19-10-12-21(13-11-19)34(37)38/h10-13,16-17,28H,3-9,14-15,18H2,1-2H3. The molecule has 2 aromatic carbocycles. The molecule has 0 N–H and O–H groups in total. The largest absolute Gasteiger partial charge is 0.493 e. The fraction of sp³-hybridized carbons (Fsp3) is 0.419. The molecule has 2 aliphatic carbocycles. The molecule has 9 nitrogen and oxygen atoms in total. The van der Waals surface area contributed by atoms with Gasteiger partial charge in [0.2, 0.25) is 0 Å². The lowest BCUT2D eigenvalue weighted by Crippen LogP contribution is -2.39. The number of hydrogen-bond donors (Lipinski definition) is 0. The molecule has 0 aromatic heterocycles. The number of hydrogen-bond acceptors (Lipinski definition) is 8. The molecular weight excluding hydrogens is 592 g/mol. The van der Waals surface area contributed by atoms with Gasteiger partial charge in [-0.3, -0.25) is 19.7 Å². The summed E-state index contributed by atoms with van der Waals surface area (Å²) in [7, 11) is 3.23. The maximum Gasteiger partial charge on any atom is 0.269 e. The molecule has 0 unspecified atom stereocenters. The molecule has 0 fully saturated rings. The highest BCUT2D eigenvalue weighted by atomic mass is 79.9. The summed E-state index contributed by atoms with van der Waals surface area (Å²) in [6.45, 7) is 1.49. The van der Waals surface area contributed by atoms with Crippen LogP contribution in [0.3, 0.4) is 0 Å². The molecule has 5 rings (SSSR count). The summed E-state index contributed by atoms with van der Waals surface area (Å²) in [5, 5.41) is 11.0. The number of ether oxygens (including phenoxy) is 3. The number of carbonyl (C=O) groups excluding carboxylic acids is 2. The minimum absolute atomic E-state index is 0.0125. The van der Waals surface area contributed by atoms with Crippen molar-refractivity contribution < 1.29 is 28.7 Å². The van der Waals surface area contributed by atoms with E-state index in [-0.39, 0.29) is 23.9 Å². The third-order valence-electron chi connectivity index (χ3n) is 7.93. The summed E-state index contributed by atoms with van der Waals surface area (Å²) in [4.78, 5) is 39.9. The van der Waals surface area contributed by atoms with Crippen molar-refractivity contribution in [3.8, 4) is 11.5 Å². The van der Waals surface area contributed by atoms with Crippen LogP contribution in [-0.4, -0.2) is 48.8 Å². The van der Waals surface area contributed by atoms with Crippen molar-refractivity contribution in [3.63, 3.8) is 0 Å². The molecule has 0 spiro atoms. The van der Waals surface area contributed by atoms with Gasteiger partial charge in [-0.05, 0) is 83.4 Å². The van der Waals surface area contributed by atoms with Crippen molar-refractivity contribution in [1.29, 1.82) is 0 Å². The number of allylic oxidation sites excluding steroid dienone is 4. The van der Waals surface area contributed by atoms with Gasteiger partial charge in [-0.1, -0.05) is 0 Å². The van der Waals surface area contributed by atoms with E-state index in [9.17, 15) is 19.7 Å². The first-order valence-corrected chi connectivity index (χ1v) is 14.7. The van der Waals surface area contributed by atoms with Gasteiger partial charge in [0.25, 0.3) is 5.69 Å². The highest BCUT2D eigenvalue weighted by molar-refractivity contribution is 9.10. The van der Waals surface area contributed by atoms with Gasteiger partial charge in [0.15, 0.2) is 23.1 Å². The number of nitro groups is 1. The Morgan fingerprint density at radius 1 is 0.976 bits per heavy atom. The van der Waals surface area contributed by atoms with Crippen LogP contribution in [0.5, 0.6) is 11.5 Å². The number of methoxy groups -OCH3 is 2. The minimum atomic E-state index is -0.465. The number of halogens is 1. The molecular formula is C31H33BrN2O7. The van der Waals surface area contributed by atoms with Gasteiger partial charge in [-0.25, -0.2) is 0 Å². The van der Waals surface area contributed by atoms with E-state index in [1.165, 1.54) is 12.1 Å². The monoisotopic (exact) mass is 624 g/mol. The number of non-ortho nitro benzene ring substituents is 1. The normalized spacial score (nSPS) is 17.5. The summed E-state index contributed by atoms with van der Waals surface area (Å²) in [6.07, 6.45) is 4.92. The van der Waals surface area contributed by atoms with Gasteiger partial charge in [0.05, 0.1) is 16.5 Å². The zero-order valence-corrected chi connectivity index (χ0v) is 24.8. The fourth-order valence-electron chi connectivity index (χ4n) is 6.10. The molecule has 0 atom stereocenters. The van der Waals surface area contributed by atoms with Gasteiger partial charge >= 0.3 is 0 Å². The number of Topliss-reactive ketones (excluding diaryl/α,β-unsaturated/α-hetero) is 2. The Hall–Kier alpha value is -3.50. The molecule has 0 bridgehead atoms. The Kier molecular flexibility index (Phi) is 8.89. The lowest BCUT2D eigenvalue weighted by Gasteiger charge is -2.44. The van der Waals surface area contributed by atoms with Crippen molar-refractivity contribution in [3.05, 3.63) is 84.7 Å². The maximum atomic E-state index is 13.5. The second-order valence-electron chi connectivity index (χ2n) is 10.5. The number of benzene rings is 2. The molecule has 0 saturated carbocycles. The van der Waals surface area contributed by atoms with Crippen molar-refractivity contribution in [2.45, 2.75) is 57.5 Å². The number of rotatable bonds is 10. The van der Waals surface area contributed by atoms with Crippen molar-refractivity contribution in [1.82, 2.24) is 4.90 Å². The number of nitro benzene ring substituents is 1. The number of nitrogens with zero attached hydrogens (tertiary/aromatic N) is 2. The van der Waals surface area contributed by atoms with E-state index in [0.717, 1.165) is 65.8 Å². The Morgan fingerprint density at radius 3 is 2.17 bits per heavy atom. The van der Waals surface area contributed by atoms with E-state index >= 15 is 0 Å². The quantitative estimate of drug-likeness (QED) is 0.170. The molecule has 0 amide bonds. The van der Waals surface area contributed by atoms with Crippen LogP contribution in [0.2, 0.25) is 0 Å². The Labute approximate surface area is 247 Å². The number of ketones is 2. The predicted molar refractivity (Wildman–Crippen MR) is 156 cm³/mol. The summed E-state index contributed by atoms with van der Waals surface area (Å²) < 4.78 is 17.8. The van der Waals surface area contributed by atoms with Crippen LogP contribution in [0.1, 0.15) is 62.0 Å². The SMILES string of the molecule is COCCCN1C2=C(C(=O)CCC2)C(c2cc(Br)c(OCc3ccc([N+](=O)[O-])cc3)c(OC)c2)C2=C1CCCC2=O. The second kappa shape index (κ2) is 12.6. The zero-order chi connectivity index (χ0) is 29.1. The van der Waals surface area contributed by atoms with Gasteiger partial charge < -0.3 is 19.1 Å². The van der Waals surface area contributed by atoms with E-state index in [1.807, 2.05) is 12.1 Å². The van der Waals surface area contributed by atoms with Crippen LogP contribution in [0.15, 0.2) is 63.4 Å². The molecule has 0 saturated heterocycles. The Morgan fingerprint density at radius 2 is 1.61 bits per heavy atom. The highest BCUT2D eigenvalue weighted by Gasteiger charge is 2.43. The van der Waals surface area contributed by atoms with Gasteiger partial charge in [0.1, 0.15) is 6.61 Å². The van der Waals surface area contributed by atoms with Crippen LogP contribution in [0.25, 0.3) is 0 Å². The fourth-order valence-corrected chi connectivity index (χ4v) is 6.68. The molecule has 0 radical (unpaired) electrons. The first kappa shape index (κ1) is 29.0. The van der Waals surface area contributed by atoms with E-state index in [0.29, 0.717) is 42.0 Å². The van der Waals surface area contributed by atoms with Crippen LogP contribution >= 0.6 is 15.9 Å². The molecule has 41 heavy (non-hydrogen) atoms. The lowest BCUT2D eigenvalue weighted by atomic mass is 9.71. The van der Waals surface area contributed by atoms with E-state index in [4.69, 9.17) is 14.2 Å². The first-order valence-electron chi connectivity index (χ1n) is 13.9. The molecule has 2 aromatic rings. The van der Waals surface area contributed by atoms with Crippen LogP contribution in [0.4, 0.5) is 5.69 Å². The number of carbonyl (C=O) groups is 2. The van der Waals surface area contributed by atoms with Crippen LogP contribution in [0, 0.1) is 10.1 Å². The van der Waals surface area contributed by atoms with Gasteiger partial charge in [-0.2, -0.15) is 0 Å². The average molecular weight is 626 g/mol. The maximum absolute atomic E-state index is 13.5. The van der Waals surface area contributed by atoms with E-state index in [2.05, 4.69) is 20.8 Å². The van der Waals surface area contributed by atoms with Gasteiger partial charge in [0, 0.05) is 73.7 Å². The molecule has 216 valence electrons. The van der Waals surface area contributed by atoms with Crippen molar-refractivity contribution in [2.75, 3.05) is 27.4 Å².